The summed E-state index contributed by atoms with van der Waals surface area (Å²) in [6.07, 6.45) is 7.77. The van der Waals surface area contributed by atoms with Crippen LogP contribution in [0.1, 0.15) is 51.5 Å². The van der Waals surface area contributed by atoms with Gasteiger partial charge in [-0.3, -0.25) is 0 Å². The number of alkyl halides is 1. The summed E-state index contributed by atoms with van der Waals surface area (Å²) < 4.78 is 0. The second kappa shape index (κ2) is 5.75. The predicted molar refractivity (Wildman–Crippen MR) is 78.0 cm³/mol. The van der Waals surface area contributed by atoms with E-state index in [4.69, 9.17) is 11.6 Å². The topological polar surface area (TPSA) is 0 Å². The lowest BCUT2D eigenvalue weighted by atomic mass is 9.74. The zero-order valence-corrected chi connectivity index (χ0v) is 12.5. The van der Waals surface area contributed by atoms with Gasteiger partial charge in [0.15, 0.2) is 0 Å². The van der Waals surface area contributed by atoms with Crippen molar-refractivity contribution in [1.29, 1.82) is 0 Å². The highest BCUT2D eigenvalue weighted by Gasteiger charge is 2.40. The first-order chi connectivity index (χ1) is 8.12. The Labute approximate surface area is 114 Å². The Bertz CT molecular complexity index is 323. The molecule has 0 spiro atoms. The zero-order chi connectivity index (χ0) is 12.3. The number of halogens is 1. The minimum absolute atomic E-state index is 0.321. The second-order valence-corrected chi connectivity index (χ2v) is 7.28. The Morgan fingerprint density at radius 1 is 1.35 bits per heavy atom. The van der Waals surface area contributed by atoms with Gasteiger partial charge in [0.25, 0.3) is 0 Å². The molecule has 0 radical (unpaired) electrons. The van der Waals surface area contributed by atoms with Crippen LogP contribution in [0.4, 0.5) is 0 Å². The van der Waals surface area contributed by atoms with Crippen molar-refractivity contribution in [3.8, 4) is 0 Å². The van der Waals surface area contributed by atoms with Gasteiger partial charge >= 0.3 is 0 Å². The maximum Gasteiger partial charge on any atom is 0.0433 e. The molecule has 0 N–H and O–H groups in total. The smallest absolute Gasteiger partial charge is 0.0433 e. The molecule has 1 saturated carbocycles. The first-order valence-corrected chi connectivity index (χ1v) is 8.15. The molecule has 0 aliphatic heterocycles. The highest BCUT2D eigenvalue weighted by molar-refractivity contribution is 7.07. The van der Waals surface area contributed by atoms with Crippen LogP contribution in [-0.4, -0.2) is 5.38 Å². The van der Waals surface area contributed by atoms with Crippen LogP contribution < -0.4 is 0 Å². The van der Waals surface area contributed by atoms with E-state index in [0.29, 0.717) is 10.8 Å². The molecule has 96 valence electrons. The molecule has 0 amide bonds. The van der Waals surface area contributed by atoms with E-state index in [2.05, 4.69) is 30.7 Å². The Hall–Kier alpha value is -0.0100. The first-order valence-electron chi connectivity index (χ1n) is 6.77. The Kier molecular flexibility index (Phi) is 4.54. The summed E-state index contributed by atoms with van der Waals surface area (Å²) in [4.78, 5) is 0. The third kappa shape index (κ3) is 3.26. The highest BCUT2D eigenvalue weighted by Crippen LogP contribution is 2.48. The SMILES string of the molecule is CC(C)CC1(C(Cl)Cc2ccsc2)CCCC1. The van der Waals surface area contributed by atoms with Gasteiger partial charge in [0, 0.05) is 5.38 Å². The van der Waals surface area contributed by atoms with Crippen LogP contribution in [0.25, 0.3) is 0 Å². The van der Waals surface area contributed by atoms with Crippen LogP contribution in [0.5, 0.6) is 0 Å². The molecule has 1 atom stereocenters. The van der Waals surface area contributed by atoms with Gasteiger partial charge in [-0.2, -0.15) is 11.3 Å². The molecule has 1 unspecified atom stereocenters. The van der Waals surface area contributed by atoms with E-state index in [0.717, 1.165) is 12.3 Å². The molecule has 2 rings (SSSR count). The molecule has 1 aliphatic carbocycles. The van der Waals surface area contributed by atoms with Crippen molar-refractivity contribution in [2.45, 2.75) is 57.7 Å². The number of hydrogen-bond acceptors (Lipinski definition) is 1. The van der Waals surface area contributed by atoms with Crippen LogP contribution in [0, 0.1) is 11.3 Å². The van der Waals surface area contributed by atoms with Crippen LogP contribution in [0.3, 0.4) is 0 Å². The average molecular weight is 271 g/mol. The highest BCUT2D eigenvalue weighted by atomic mass is 35.5. The fourth-order valence-electron chi connectivity index (χ4n) is 3.37. The van der Waals surface area contributed by atoms with Gasteiger partial charge in [-0.1, -0.05) is 26.7 Å². The maximum absolute atomic E-state index is 6.78. The van der Waals surface area contributed by atoms with Crippen molar-refractivity contribution in [3.63, 3.8) is 0 Å². The van der Waals surface area contributed by atoms with Gasteiger partial charge in [0.05, 0.1) is 0 Å². The molecule has 0 aromatic carbocycles. The molecule has 0 bridgehead atoms. The fourth-order valence-corrected chi connectivity index (χ4v) is 4.54. The second-order valence-electron chi connectivity index (χ2n) is 5.97. The average Bonchev–Trinajstić information content (AvgIpc) is 2.88. The first kappa shape index (κ1) is 13.4. The van der Waals surface area contributed by atoms with E-state index in [1.54, 1.807) is 11.3 Å². The summed E-state index contributed by atoms with van der Waals surface area (Å²) >= 11 is 8.56. The van der Waals surface area contributed by atoms with Gasteiger partial charge in [0.2, 0.25) is 0 Å². The summed E-state index contributed by atoms with van der Waals surface area (Å²) in [7, 11) is 0. The van der Waals surface area contributed by atoms with Crippen molar-refractivity contribution >= 4 is 22.9 Å². The van der Waals surface area contributed by atoms with E-state index >= 15 is 0 Å². The van der Waals surface area contributed by atoms with Crippen molar-refractivity contribution in [2.24, 2.45) is 11.3 Å². The molecule has 1 fully saturated rings. The number of hydrogen-bond donors (Lipinski definition) is 0. The summed E-state index contributed by atoms with van der Waals surface area (Å²) in [5, 5.41) is 4.72. The summed E-state index contributed by atoms with van der Waals surface area (Å²) in [6.45, 7) is 4.66. The Balaban J connectivity index is 2.05. The molecule has 1 aromatic rings. The van der Waals surface area contributed by atoms with Crippen LogP contribution in [0.15, 0.2) is 16.8 Å². The molecular weight excluding hydrogens is 248 g/mol. The van der Waals surface area contributed by atoms with Crippen molar-refractivity contribution in [1.82, 2.24) is 0 Å². The number of rotatable bonds is 5. The van der Waals surface area contributed by atoms with E-state index in [-0.39, 0.29) is 0 Å². The van der Waals surface area contributed by atoms with Crippen molar-refractivity contribution in [3.05, 3.63) is 22.4 Å². The minimum Gasteiger partial charge on any atom is -0.152 e. The zero-order valence-electron chi connectivity index (χ0n) is 10.9. The van der Waals surface area contributed by atoms with Gasteiger partial charge in [-0.15, -0.1) is 11.6 Å². The quantitative estimate of drug-likeness (QED) is 0.620. The lowest BCUT2D eigenvalue weighted by Gasteiger charge is -2.35. The van der Waals surface area contributed by atoms with E-state index in [1.165, 1.54) is 37.7 Å². The molecular formula is C15H23ClS. The van der Waals surface area contributed by atoms with Crippen LogP contribution in [-0.2, 0) is 6.42 Å². The molecule has 17 heavy (non-hydrogen) atoms. The monoisotopic (exact) mass is 270 g/mol. The summed E-state index contributed by atoms with van der Waals surface area (Å²) in [5.74, 6) is 0.761. The number of thiophene rings is 1. The van der Waals surface area contributed by atoms with Gasteiger partial charge in [-0.25, -0.2) is 0 Å². The summed E-state index contributed by atoms with van der Waals surface area (Å²) in [5.41, 5.74) is 1.84. The van der Waals surface area contributed by atoms with E-state index in [1.807, 2.05) is 0 Å². The normalized spacial score (nSPS) is 20.9. The standard InChI is InChI=1S/C15H23ClS/c1-12(2)10-15(6-3-4-7-15)14(16)9-13-5-8-17-11-13/h5,8,11-12,14H,3-4,6-7,9-10H2,1-2H3. The van der Waals surface area contributed by atoms with Gasteiger partial charge in [0.1, 0.15) is 0 Å². The van der Waals surface area contributed by atoms with E-state index < -0.39 is 0 Å². The largest absolute Gasteiger partial charge is 0.152 e. The Morgan fingerprint density at radius 3 is 2.59 bits per heavy atom. The van der Waals surface area contributed by atoms with Crippen molar-refractivity contribution in [2.75, 3.05) is 0 Å². The third-order valence-corrected chi connectivity index (χ3v) is 5.42. The lowest BCUT2D eigenvalue weighted by molar-refractivity contribution is 0.221. The molecule has 1 aliphatic rings. The predicted octanol–water partition coefficient (Wildman–Crippen LogP) is 5.50. The van der Waals surface area contributed by atoms with Gasteiger partial charge in [-0.05, 0) is 59.4 Å². The maximum atomic E-state index is 6.78. The molecule has 2 heteroatoms. The molecule has 1 heterocycles. The molecule has 1 aromatic heterocycles. The lowest BCUT2D eigenvalue weighted by Crippen LogP contribution is -2.31. The van der Waals surface area contributed by atoms with E-state index in [9.17, 15) is 0 Å². The van der Waals surface area contributed by atoms with Crippen LogP contribution >= 0.6 is 22.9 Å². The molecule has 0 saturated heterocycles. The van der Waals surface area contributed by atoms with Crippen molar-refractivity contribution < 1.29 is 0 Å². The molecule has 0 nitrogen and oxygen atoms in total. The third-order valence-electron chi connectivity index (χ3n) is 4.07. The van der Waals surface area contributed by atoms with Gasteiger partial charge < -0.3 is 0 Å². The minimum atomic E-state index is 0.321. The van der Waals surface area contributed by atoms with Crippen LogP contribution in [0.2, 0.25) is 0 Å². The summed E-state index contributed by atoms with van der Waals surface area (Å²) in [6, 6.07) is 2.22. The Morgan fingerprint density at radius 2 is 2.06 bits per heavy atom. The fraction of sp³-hybridized carbons (Fsp3) is 0.733.